The number of furan rings is 1. The van der Waals surface area contributed by atoms with Crippen LogP contribution >= 0.6 is 0 Å². The molecule has 2 aromatic rings. The molecule has 2 aliphatic carbocycles. The largest absolute Gasteiger partial charge is 0.453 e. The van der Waals surface area contributed by atoms with Gasteiger partial charge in [-0.15, -0.1) is 0 Å². The Balaban J connectivity index is 1.68. The molecule has 0 N–H and O–H groups in total. The SMILES string of the molecule is Cc1ccc2oc(C(=O)C3C4CCCC43)cc2c1. The van der Waals surface area contributed by atoms with E-state index in [0.717, 1.165) is 11.0 Å². The Morgan fingerprint density at radius 3 is 2.78 bits per heavy atom. The highest BCUT2D eigenvalue weighted by molar-refractivity contribution is 6.01. The molecule has 2 nitrogen and oxygen atoms in total. The molecule has 2 unspecified atom stereocenters. The summed E-state index contributed by atoms with van der Waals surface area (Å²) >= 11 is 0. The Morgan fingerprint density at radius 1 is 1.22 bits per heavy atom. The van der Waals surface area contributed by atoms with Crippen LogP contribution in [-0.2, 0) is 0 Å². The Bertz CT molecular complexity index is 628. The van der Waals surface area contributed by atoms with Gasteiger partial charge in [-0.05, 0) is 49.8 Å². The van der Waals surface area contributed by atoms with Crippen LogP contribution in [0.2, 0.25) is 0 Å². The van der Waals surface area contributed by atoms with Crippen LogP contribution in [0.1, 0.15) is 35.4 Å². The minimum absolute atomic E-state index is 0.235. The summed E-state index contributed by atoms with van der Waals surface area (Å²) in [4.78, 5) is 12.4. The lowest BCUT2D eigenvalue weighted by molar-refractivity contribution is 0.0926. The van der Waals surface area contributed by atoms with Crippen molar-refractivity contribution < 1.29 is 9.21 Å². The molecule has 1 heterocycles. The summed E-state index contributed by atoms with van der Waals surface area (Å²) in [5, 5.41) is 1.05. The van der Waals surface area contributed by atoms with Crippen LogP contribution < -0.4 is 0 Å². The van der Waals surface area contributed by atoms with Crippen LogP contribution in [-0.4, -0.2) is 5.78 Å². The zero-order chi connectivity index (χ0) is 12.3. The van der Waals surface area contributed by atoms with E-state index in [2.05, 4.69) is 13.0 Å². The Morgan fingerprint density at radius 2 is 2.00 bits per heavy atom. The van der Waals surface area contributed by atoms with Crippen molar-refractivity contribution >= 4 is 16.8 Å². The molecule has 92 valence electrons. The third-order valence-electron chi connectivity index (χ3n) is 4.62. The molecule has 2 fully saturated rings. The molecular weight excluding hydrogens is 224 g/mol. The molecule has 1 aromatic carbocycles. The van der Waals surface area contributed by atoms with Gasteiger partial charge in [0.2, 0.25) is 5.78 Å². The van der Waals surface area contributed by atoms with Gasteiger partial charge >= 0.3 is 0 Å². The highest BCUT2D eigenvalue weighted by atomic mass is 16.3. The first kappa shape index (κ1) is 10.4. The topological polar surface area (TPSA) is 30.2 Å². The first-order valence-electron chi connectivity index (χ1n) is 6.78. The number of benzene rings is 1. The third kappa shape index (κ3) is 1.38. The zero-order valence-corrected chi connectivity index (χ0v) is 10.5. The standard InChI is InChI=1S/C16H16O2/c1-9-5-6-13-10(7-9)8-14(18-13)16(17)15-11-3-2-4-12(11)15/h5-8,11-12,15H,2-4H2,1H3. The predicted octanol–water partition coefficient (Wildman–Crippen LogP) is 3.97. The molecule has 2 heteroatoms. The molecule has 4 rings (SSSR count). The van der Waals surface area contributed by atoms with E-state index in [-0.39, 0.29) is 11.7 Å². The summed E-state index contributed by atoms with van der Waals surface area (Å²) in [5.41, 5.74) is 2.03. The first-order chi connectivity index (χ1) is 8.74. The number of aryl methyl sites for hydroxylation is 1. The lowest BCUT2D eigenvalue weighted by Crippen LogP contribution is -2.04. The fourth-order valence-corrected chi connectivity index (χ4v) is 3.66. The van der Waals surface area contributed by atoms with Crippen molar-refractivity contribution in [2.45, 2.75) is 26.2 Å². The van der Waals surface area contributed by atoms with E-state index < -0.39 is 0 Å². The van der Waals surface area contributed by atoms with E-state index in [1.807, 2.05) is 18.2 Å². The number of ketones is 1. The number of hydrogen-bond acceptors (Lipinski definition) is 2. The summed E-state index contributed by atoms with van der Waals surface area (Å²) < 4.78 is 5.70. The van der Waals surface area contributed by atoms with Gasteiger partial charge < -0.3 is 4.42 Å². The lowest BCUT2D eigenvalue weighted by Gasteiger charge is -1.98. The van der Waals surface area contributed by atoms with Crippen LogP contribution in [0.25, 0.3) is 11.0 Å². The average molecular weight is 240 g/mol. The molecule has 2 atom stereocenters. The Hall–Kier alpha value is -1.57. The van der Waals surface area contributed by atoms with Gasteiger partial charge in [0, 0.05) is 11.3 Å². The second-order valence-electron chi connectivity index (χ2n) is 5.80. The van der Waals surface area contributed by atoms with Crippen LogP contribution in [0.5, 0.6) is 0 Å². The summed E-state index contributed by atoms with van der Waals surface area (Å²) in [6, 6.07) is 7.96. The first-order valence-corrected chi connectivity index (χ1v) is 6.78. The summed E-state index contributed by atoms with van der Waals surface area (Å²) in [6.07, 6.45) is 3.78. The third-order valence-corrected chi connectivity index (χ3v) is 4.62. The van der Waals surface area contributed by atoms with Crippen molar-refractivity contribution in [3.8, 4) is 0 Å². The molecule has 0 bridgehead atoms. The van der Waals surface area contributed by atoms with Gasteiger partial charge in [-0.1, -0.05) is 18.1 Å². The highest BCUT2D eigenvalue weighted by Gasteiger charge is 2.57. The van der Waals surface area contributed by atoms with Crippen LogP contribution in [0.15, 0.2) is 28.7 Å². The van der Waals surface area contributed by atoms with Gasteiger partial charge in [-0.2, -0.15) is 0 Å². The van der Waals surface area contributed by atoms with Crippen molar-refractivity contribution in [1.29, 1.82) is 0 Å². The van der Waals surface area contributed by atoms with Crippen LogP contribution in [0.4, 0.5) is 0 Å². The molecule has 1 aromatic heterocycles. The number of Topliss-reactive ketones (excluding diaryl/α,β-unsaturated/α-hetero) is 1. The lowest BCUT2D eigenvalue weighted by atomic mass is 10.1. The van der Waals surface area contributed by atoms with Gasteiger partial charge in [0.1, 0.15) is 5.58 Å². The van der Waals surface area contributed by atoms with E-state index in [4.69, 9.17) is 4.42 Å². The number of carbonyl (C=O) groups excluding carboxylic acids is 1. The monoisotopic (exact) mass is 240 g/mol. The van der Waals surface area contributed by atoms with Crippen molar-refractivity contribution in [2.24, 2.45) is 17.8 Å². The maximum Gasteiger partial charge on any atom is 0.201 e. The number of hydrogen-bond donors (Lipinski definition) is 0. The molecule has 0 aliphatic heterocycles. The normalized spacial score (nSPS) is 29.5. The molecule has 2 aliphatic rings. The maximum absolute atomic E-state index is 12.4. The van der Waals surface area contributed by atoms with Gasteiger partial charge in [-0.25, -0.2) is 0 Å². The summed E-state index contributed by atoms with van der Waals surface area (Å²) in [7, 11) is 0. The predicted molar refractivity (Wildman–Crippen MR) is 69.6 cm³/mol. The van der Waals surface area contributed by atoms with E-state index >= 15 is 0 Å². The smallest absolute Gasteiger partial charge is 0.201 e. The molecule has 2 saturated carbocycles. The van der Waals surface area contributed by atoms with Crippen molar-refractivity contribution in [3.63, 3.8) is 0 Å². The van der Waals surface area contributed by atoms with E-state index in [9.17, 15) is 4.79 Å². The minimum atomic E-state index is 0.235. The Kier molecular flexibility index (Phi) is 2.00. The quantitative estimate of drug-likeness (QED) is 0.743. The summed E-state index contributed by atoms with van der Waals surface area (Å²) in [5.74, 6) is 2.38. The average Bonchev–Trinajstić information content (AvgIpc) is 2.77. The number of rotatable bonds is 2. The van der Waals surface area contributed by atoms with E-state index in [1.54, 1.807) is 0 Å². The number of carbonyl (C=O) groups is 1. The van der Waals surface area contributed by atoms with Crippen molar-refractivity contribution in [3.05, 3.63) is 35.6 Å². The fourth-order valence-electron chi connectivity index (χ4n) is 3.66. The van der Waals surface area contributed by atoms with Crippen molar-refractivity contribution in [1.82, 2.24) is 0 Å². The Labute approximate surface area is 106 Å². The summed E-state index contributed by atoms with van der Waals surface area (Å²) in [6.45, 7) is 2.05. The van der Waals surface area contributed by atoms with Crippen LogP contribution in [0, 0.1) is 24.7 Å². The van der Waals surface area contributed by atoms with E-state index in [0.29, 0.717) is 17.6 Å². The molecule has 0 radical (unpaired) electrons. The molecule has 18 heavy (non-hydrogen) atoms. The molecule has 0 saturated heterocycles. The second kappa shape index (κ2) is 3.47. The second-order valence-corrected chi connectivity index (χ2v) is 5.80. The molecular formula is C16H16O2. The molecule has 0 amide bonds. The van der Waals surface area contributed by atoms with Gasteiger partial charge in [0.05, 0.1) is 0 Å². The van der Waals surface area contributed by atoms with Crippen LogP contribution in [0.3, 0.4) is 0 Å². The fraction of sp³-hybridized carbons (Fsp3) is 0.438. The number of fused-ring (bicyclic) bond motifs is 2. The zero-order valence-electron chi connectivity index (χ0n) is 10.5. The van der Waals surface area contributed by atoms with Gasteiger partial charge in [0.25, 0.3) is 0 Å². The minimum Gasteiger partial charge on any atom is -0.453 e. The highest BCUT2D eigenvalue weighted by Crippen LogP contribution is 2.58. The van der Waals surface area contributed by atoms with Gasteiger partial charge in [-0.3, -0.25) is 4.79 Å². The van der Waals surface area contributed by atoms with Gasteiger partial charge in [0.15, 0.2) is 5.76 Å². The van der Waals surface area contributed by atoms with E-state index in [1.165, 1.54) is 24.8 Å². The maximum atomic E-state index is 12.4. The van der Waals surface area contributed by atoms with Crippen molar-refractivity contribution in [2.75, 3.05) is 0 Å². The molecule has 0 spiro atoms.